The molecule has 0 aromatic carbocycles. The van der Waals surface area contributed by atoms with Crippen molar-refractivity contribution in [3.63, 3.8) is 0 Å². The van der Waals surface area contributed by atoms with E-state index in [1.54, 1.807) is 0 Å². The van der Waals surface area contributed by atoms with Gasteiger partial charge in [0.1, 0.15) is 5.56 Å². The molecule has 2 rings (SSSR count). The van der Waals surface area contributed by atoms with Crippen LogP contribution in [-0.4, -0.2) is 15.6 Å². The van der Waals surface area contributed by atoms with Crippen LogP contribution in [0.1, 0.15) is 34.9 Å². The van der Waals surface area contributed by atoms with E-state index in [-0.39, 0.29) is 5.56 Å². The molecule has 1 N–H and O–H groups in total. The van der Waals surface area contributed by atoms with Crippen molar-refractivity contribution in [1.29, 1.82) is 0 Å². The van der Waals surface area contributed by atoms with Gasteiger partial charge in [-0.05, 0) is 19.8 Å². The monoisotopic (exact) mass is 193 g/mol. The largest absolute Gasteiger partial charge is 0.477 e. The Hall–Kier alpha value is -1.58. The Balaban J connectivity index is 2.57. The van der Waals surface area contributed by atoms with Crippen LogP contribution in [0.3, 0.4) is 0 Å². The smallest absolute Gasteiger partial charge is 0.341 e. The van der Waals surface area contributed by atoms with E-state index in [1.165, 1.54) is 12.3 Å². The van der Waals surface area contributed by atoms with Gasteiger partial charge in [-0.2, -0.15) is 0 Å². The zero-order chi connectivity index (χ0) is 10.3. The van der Waals surface area contributed by atoms with Crippen molar-refractivity contribution in [1.82, 2.24) is 4.57 Å². The maximum Gasteiger partial charge on any atom is 0.341 e. The lowest BCUT2D eigenvalue weighted by Gasteiger charge is -2.09. The maximum atomic E-state index is 11.3. The molecule has 0 atom stereocenters. The lowest BCUT2D eigenvalue weighted by atomic mass is 10.2. The molecular weight excluding hydrogens is 182 g/mol. The highest BCUT2D eigenvalue weighted by molar-refractivity contribution is 5.87. The summed E-state index contributed by atoms with van der Waals surface area (Å²) in [6.45, 7) is 1.82. The second-order valence-electron chi connectivity index (χ2n) is 3.64. The molecule has 1 heterocycles. The number of aromatic carboxylic acids is 1. The molecule has 1 fully saturated rings. The average Bonchev–Trinajstić information content (AvgIpc) is 2.86. The molecule has 0 bridgehead atoms. The van der Waals surface area contributed by atoms with Crippen molar-refractivity contribution in [2.75, 3.05) is 0 Å². The third-order valence-corrected chi connectivity index (χ3v) is 2.45. The lowest BCUT2D eigenvalue weighted by molar-refractivity contribution is 0.0694. The fraction of sp³-hybridized carbons (Fsp3) is 0.400. The van der Waals surface area contributed by atoms with Gasteiger partial charge >= 0.3 is 5.97 Å². The summed E-state index contributed by atoms with van der Waals surface area (Å²) < 4.78 is 1.88. The summed E-state index contributed by atoms with van der Waals surface area (Å²) in [5, 5.41) is 8.77. The van der Waals surface area contributed by atoms with Gasteiger partial charge in [-0.1, -0.05) is 0 Å². The van der Waals surface area contributed by atoms with Crippen molar-refractivity contribution in [2.24, 2.45) is 0 Å². The first-order valence-corrected chi connectivity index (χ1v) is 4.55. The predicted octanol–water partition coefficient (Wildman–Crippen LogP) is 1.19. The summed E-state index contributed by atoms with van der Waals surface area (Å²) >= 11 is 0. The standard InChI is InChI=1S/C10H11NO3/c1-6-4-9(12)8(10(13)14)5-11(6)7-2-3-7/h4-5,7H,2-3H2,1H3,(H,13,14). The molecule has 74 valence electrons. The molecule has 0 amide bonds. The molecule has 1 aliphatic rings. The van der Waals surface area contributed by atoms with Crippen LogP contribution in [0.5, 0.6) is 0 Å². The molecule has 1 saturated carbocycles. The fourth-order valence-corrected chi connectivity index (χ4v) is 1.55. The van der Waals surface area contributed by atoms with Gasteiger partial charge < -0.3 is 9.67 Å². The summed E-state index contributed by atoms with van der Waals surface area (Å²) in [5.41, 5.74) is 0.289. The van der Waals surface area contributed by atoms with Gasteiger partial charge in [0.25, 0.3) is 0 Å². The van der Waals surface area contributed by atoms with Crippen LogP contribution in [-0.2, 0) is 0 Å². The third-order valence-electron chi connectivity index (χ3n) is 2.45. The Morgan fingerprint density at radius 1 is 1.57 bits per heavy atom. The first-order valence-electron chi connectivity index (χ1n) is 4.55. The van der Waals surface area contributed by atoms with E-state index in [0.29, 0.717) is 6.04 Å². The highest BCUT2D eigenvalue weighted by atomic mass is 16.4. The first-order chi connectivity index (χ1) is 6.59. The van der Waals surface area contributed by atoms with Gasteiger partial charge in [0.05, 0.1) is 0 Å². The van der Waals surface area contributed by atoms with E-state index in [9.17, 15) is 9.59 Å². The molecule has 14 heavy (non-hydrogen) atoms. The SMILES string of the molecule is Cc1cc(=O)c(C(=O)O)cn1C1CC1. The molecule has 1 aliphatic carbocycles. The van der Waals surface area contributed by atoms with E-state index < -0.39 is 11.4 Å². The Labute approximate surface area is 80.8 Å². The summed E-state index contributed by atoms with van der Waals surface area (Å²) in [6.07, 6.45) is 3.60. The van der Waals surface area contributed by atoms with Crippen LogP contribution < -0.4 is 5.43 Å². The van der Waals surface area contributed by atoms with Crippen LogP contribution in [0, 0.1) is 6.92 Å². The van der Waals surface area contributed by atoms with Crippen LogP contribution in [0.25, 0.3) is 0 Å². The maximum absolute atomic E-state index is 11.3. The number of hydrogen-bond donors (Lipinski definition) is 1. The minimum absolute atomic E-state index is 0.137. The van der Waals surface area contributed by atoms with Gasteiger partial charge in [-0.3, -0.25) is 4.79 Å². The second-order valence-corrected chi connectivity index (χ2v) is 3.64. The van der Waals surface area contributed by atoms with Crippen molar-refractivity contribution in [3.05, 3.63) is 33.7 Å². The van der Waals surface area contributed by atoms with Gasteiger partial charge in [0, 0.05) is 24.0 Å². The van der Waals surface area contributed by atoms with Crippen molar-refractivity contribution in [2.45, 2.75) is 25.8 Å². The van der Waals surface area contributed by atoms with Crippen molar-refractivity contribution < 1.29 is 9.90 Å². The van der Waals surface area contributed by atoms with E-state index in [1.807, 2.05) is 11.5 Å². The molecular formula is C10H11NO3. The molecule has 0 saturated heterocycles. The first kappa shape index (κ1) is 8.99. The topological polar surface area (TPSA) is 59.3 Å². The molecule has 4 nitrogen and oxygen atoms in total. The molecule has 1 aromatic rings. The predicted molar refractivity (Wildman–Crippen MR) is 50.7 cm³/mol. The third kappa shape index (κ3) is 1.43. The van der Waals surface area contributed by atoms with Gasteiger partial charge in [-0.15, -0.1) is 0 Å². The number of carboxylic acids is 1. The Morgan fingerprint density at radius 2 is 2.21 bits per heavy atom. The number of carboxylic acid groups (broad SMARTS) is 1. The summed E-state index contributed by atoms with van der Waals surface area (Å²) in [7, 11) is 0. The van der Waals surface area contributed by atoms with E-state index in [4.69, 9.17) is 5.11 Å². The van der Waals surface area contributed by atoms with Crippen LogP contribution >= 0.6 is 0 Å². The molecule has 0 radical (unpaired) electrons. The number of pyridine rings is 1. The molecule has 4 heteroatoms. The minimum atomic E-state index is -1.15. The van der Waals surface area contributed by atoms with Crippen molar-refractivity contribution in [3.8, 4) is 0 Å². The van der Waals surface area contributed by atoms with E-state index in [0.717, 1.165) is 18.5 Å². The summed E-state index contributed by atoms with van der Waals surface area (Å²) in [5.74, 6) is -1.15. The van der Waals surface area contributed by atoms with E-state index in [2.05, 4.69) is 0 Å². The molecule has 0 spiro atoms. The zero-order valence-electron chi connectivity index (χ0n) is 7.86. The number of aromatic nitrogens is 1. The van der Waals surface area contributed by atoms with Crippen LogP contribution in [0.4, 0.5) is 0 Å². The Morgan fingerprint density at radius 3 is 2.71 bits per heavy atom. The highest BCUT2D eigenvalue weighted by Gasteiger charge is 2.25. The fourth-order valence-electron chi connectivity index (χ4n) is 1.55. The normalized spacial score (nSPS) is 15.5. The summed E-state index contributed by atoms with van der Waals surface area (Å²) in [4.78, 5) is 22.0. The molecule has 0 aliphatic heterocycles. The number of aryl methyl sites for hydroxylation is 1. The number of hydrogen-bond acceptors (Lipinski definition) is 2. The Kier molecular flexibility index (Phi) is 1.91. The average molecular weight is 193 g/mol. The van der Waals surface area contributed by atoms with Crippen molar-refractivity contribution >= 4 is 5.97 Å². The van der Waals surface area contributed by atoms with Crippen LogP contribution in [0.2, 0.25) is 0 Å². The number of rotatable bonds is 2. The van der Waals surface area contributed by atoms with E-state index >= 15 is 0 Å². The quantitative estimate of drug-likeness (QED) is 0.767. The Bertz CT molecular complexity index is 443. The number of nitrogens with zero attached hydrogens (tertiary/aromatic N) is 1. The van der Waals surface area contributed by atoms with Gasteiger partial charge in [0.15, 0.2) is 5.43 Å². The van der Waals surface area contributed by atoms with Crippen LogP contribution in [0.15, 0.2) is 17.1 Å². The summed E-state index contributed by atoms with van der Waals surface area (Å²) in [6, 6.07) is 1.79. The minimum Gasteiger partial charge on any atom is -0.477 e. The lowest BCUT2D eigenvalue weighted by Crippen LogP contribution is -2.18. The second kappa shape index (κ2) is 2.97. The number of carbonyl (C=O) groups is 1. The van der Waals surface area contributed by atoms with Gasteiger partial charge in [0.2, 0.25) is 0 Å². The molecule has 0 unspecified atom stereocenters. The molecule has 1 aromatic heterocycles. The highest BCUT2D eigenvalue weighted by Crippen LogP contribution is 2.35. The zero-order valence-corrected chi connectivity index (χ0v) is 7.86. The van der Waals surface area contributed by atoms with Gasteiger partial charge in [-0.25, -0.2) is 4.79 Å².